The van der Waals surface area contributed by atoms with Crippen molar-refractivity contribution in [2.24, 2.45) is 0 Å². The van der Waals surface area contributed by atoms with Crippen LogP contribution in [0.4, 0.5) is 0 Å². The van der Waals surface area contributed by atoms with Gasteiger partial charge < -0.3 is 10.1 Å². The van der Waals surface area contributed by atoms with Gasteiger partial charge in [-0.25, -0.2) is 0 Å². The molecule has 0 aromatic heterocycles. The first-order valence-electron chi connectivity index (χ1n) is 6.90. The van der Waals surface area contributed by atoms with Crippen LogP contribution in [-0.4, -0.2) is 13.7 Å². The average molecular weight is 369 g/mol. The van der Waals surface area contributed by atoms with Crippen molar-refractivity contribution in [1.29, 1.82) is 0 Å². The molecule has 4 heteroatoms. The number of hydrogen-bond acceptors (Lipinski definition) is 2. The summed E-state index contributed by atoms with van der Waals surface area (Å²) in [6.07, 6.45) is 0. The molecule has 112 valence electrons. The van der Waals surface area contributed by atoms with Crippen molar-refractivity contribution in [3.8, 4) is 5.75 Å². The van der Waals surface area contributed by atoms with Gasteiger partial charge in [0.15, 0.2) is 0 Å². The SMILES string of the molecule is CCNC(c1ccc(OC)c(Br)c1)c1cccc(Cl)c1C. The zero-order valence-electron chi connectivity index (χ0n) is 12.4. The molecular formula is C17H19BrClNO. The Bertz CT molecular complexity index is 630. The fraction of sp³-hybridized carbons (Fsp3) is 0.294. The summed E-state index contributed by atoms with van der Waals surface area (Å²) in [5.74, 6) is 0.830. The summed E-state index contributed by atoms with van der Waals surface area (Å²) in [7, 11) is 1.67. The molecule has 0 fully saturated rings. The maximum absolute atomic E-state index is 6.27. The first-order chi connectivity index (χ1) is 10.1. The van der Waals surface area contributed by atoms with E-state index in [1.54, 1.807) is 7.11 Å². The monoisotopic (exact) mass is 367 g/mol. The Kier molecular flexibility index (Phi) is 5.68. The molecular weight excluding hydrogens is 350 g/mol. The van der Waals surface area contributed by atoms with Gasteiger partial charge in [-0.1, -0.05) is 36.7 Å². The van der Waals surface area contributed by atoms with Gasteiger partial charge in [0.2, 0.25) is 0 Å². The van der Waals surface area contributed by atoms with Crippen LogP contribution in [0.2, 0.25) is 5.02 Å². The third-order valence-corrected chi connectivity index (χ3v) is 4.57. The lowest BCUT2D eigenvalue weighted by atomic mass is 9.95. The lowest BCUT2D eigenvalue weighted by molar-refractivity contribution is 0.412. The van der Waals surface area contributed by atoms with Crippen molar-refractivity contribution < 1.29 is 4.74 Å². The Balaban J connectivity index is 2.48. The maximum Gasteiger partial charge on any atom is 0.133 e. The van der Waals surface area contributed by atoms with Crippen molar-refractivity contribution in [2.45, 2.75) is 19.9 Å². The van der Waals surface area contributed by atoms with E-state index >= 15 is 0 Å². The van der Waals surface area contributed by atoms with Crippen molar-refractivity contribution in [1.82, 2.24) is 5.32 Å². The number of methoxy groups -OCH3 is 1. The Hall–Kier alpha value is -1.03. The molecule has 1 N–H and O–H groups in total. The highest BCUT2D eigenvalue weighted by molar-refractivity contribution is 9.10. The zero-order valence-corrected chi connectivity index (χ0v) is 14.8. The quantitative estimate of drug-likeness (QED) is 0.791. The lowest BCUT2D eigenvalue weighted by Crippen LogP contribution is -2.22. The maximum atomic E-state index is 6.27. The largest absolute Gasteiger partial charge is 0.496 e. The molecule has 1 atom stereocenters. The summed E-state index contributed by atoms with van der Waals surface area (Å²) in [5.41, 5.74) is 3.48. The molecule has 0 amide bonds. The Labute approximate surface area is 139 Å². The van der Waals surface area contributed by atoms with Gasteiger partial charge in [-0.3, -0.25) is 0 Å². The molecule has 0 aliphatic rings. The number of rotatable bonds is 5. The van der Waals surface area contributed by atoms with Crippen LogP contribution in [0.3, 0.4) is 0 Å². The number of hydrogen-bond donors (Lipinski definition) is 1. The molecule has 0 spiro atoms. The molecule has 0 heterocycles. The Morgan fingerprint density at radius 2 is 2.05 bits per heavy atom. The fourth-order valence-electron chi connectivity index (χ4n) is 2.41. The smallest absolute Gasteiger partial charge is 0.133 e. The predicted molar refractivity (Wildman–Crippen MR) is 92.4 cm³/mol. The average Bonchev–Trinajstić information content (AvgIpc) is 2.48. The molecule has 1 unspecified atom stereocenters. The molecule has 0 radical (unpaired) electrons. The van der Waals surface area contributed by atoms with Gasteiger partial charge in [0.05, 0.1) is 17.6 Å². The van der Waals surface area contributed by atoms with Crippen LogP contribution < -0.4 is 10.1 Å². The number of nitrogens with one attached hydrogen (secondary N) is 1. The molecule has 2 rings (SSSR count). The first-order valence-corrected chi connectivity index (χ1v) is 8.07. The van der Waals surface area contributed by atoms with E-state index in [-0.39, 0.29) is 6.04 Å². The van der Waals surface area contributed by atoms with Crippen LogP contribution in [0.25, 0.3) is 0 Å². The minimum atomic E-state index is 0.107. The Morgan fingerprint density at radius 3 is 2.67 bits per heavy atom. The Morgan fingerprint density at radius 1 is 1.29 bits per heavy atom. The topological polar surface area (TPSA) is 21.3 Å². The number of ether oxygens (including phenoxy) is 1. The van der Waals surface area contributed by atoms with E-state index in [0.717, 1.165) is 27.4 Å². The van der Waals surface area contributed by atoms with Gasteiger partial charge in [-0.05, 0) is 64.3 Å². The molecule has 0 bridgehead atoms. The van der Waals surface area contributed by atoms with Gasteiger partial charge in [0.1, 0.15) is 5.75 Å². The van der Waals surface area contributed by atoms with E-state index in [0.29, 0.717) is 0 Å². The fourth-order valence-corrected chi connectivity index (χ4v) is 3.15. The second kappa shape index (κ2) is 7.30. The molecule has 0 aliphatic heterocycles. The molecule has 0 aliphatic carbocycles. The van der Waals surface area contributed by atoms with E-state index in [9.17, 15) is 0 Å². The second-order valence-electron chi connectivity index (χ2n) is 4.84. The van der Waals surface area contributed by atoms with E-state index in [4.69, 9.17) is 16.3 Å². The third kappa shape index (κ3) is 3.60. The van der Waals surface area contributed by atoms with E-state index in [2.05, 4.69) is 53.3 Å². The summed E-state index contributed by atoms with van der Waals surface area (Å²) in [5, 5.41) is 4.32. The molecule has 2 aromatic rings. The minimum absolute atomic E-state index is 0.107. The normalized spacial score (nSPS) is 12.2. The van der Waals surface area contributed by atoms with Crippen LogP contribution in [0.1, 0.15) is 29.7 Å². The van der Waals surface area contributed by atoms with E-state index in [1.165, 1.54) is 11.1 Å². The van der Waals surface area contributed by atoms with Gasteiger partial charge in [0, 0.05) is 5.02 Å². The van der Waals surface area contributed by atoms with Gasteiger partial charge in [-0.2, -0.15) is 0 Å². The van der Waals surface area contributed by atoms with Crippen LogP contribution in [0.5, 0.6) is 5.75 Å². The summed E-state index contributed by atoms with van der Waals surface area (Å²) in [4.78, 5) is 0. The highest BCUT2D eigenvalue weighted by atomic mass is 79.9. The van der Waals surface area contributed by atoms with Gasteiger partial charge >= 0.3 is 0 Å². The number of benzene rings is 2. The van der Waals surface area contributed by atoms with Gasteiger partial charge in [-0.15, -0.1) is 0 Å². The summed E-state index contributed by atoms with van der Waals surface area (Å²) >= 11 is 9.82. The number of halogens is 2. The van der Waals surface area contributed by atoms with E-state index < -0.39 is 0 Å². The third-order valence-electron chi connectivity index (χ3n) is 3.54. The van der Waals surface area contributed by atoms with Crippen molar-refractivity contribution in [2.75, 3.05) is 13.7 Å². The molecule has 21 heavy (non-hydrogen) atoms. The second-order valence-corrected chi connectivity index (χ2v) is 6.10. The summed E-state index contributed by atoms with van der Waals surface area (Å²) in [6.45, 7) is 5.03. The molecule has 2 nitrogen and oxygen atoms in total. The van der Waals surface area contributed by atoms with Crippen molar-refractivity contribution in [3.05, 3.63) is 62.6 Å². The van der Waals surface area contributed by atoms with E-state index in [1.807, 2.05) is 18.2 Å². The first kappa shape index (κ1) is 16.3. The summed E-state index contributed by atoms with van der Waals surface area (Å²) in [6, 6.07) is 12.3. The lowest BCUT2D eigenvalue weighted by Gasteiger charge is -2.22. The predicted octanol–water partition coefficient (Wildman–Crippen LogP) is 5.12. The zero-order chi connectivity index (χ0) is 15.4. The molecule has 0 saturated carbocycles. The van der Waals surface area contributed by atoms with Crippen LogP contribution >= 0.6 is 27.5 Å². The highest BCUT2D eigenvalue weighted by Gasteiger charge is 2.17. The van der Waals surface area contributed by atoms with Gasteiger partial charge in [0.25, 0.3) is 0 Å². The highest BCUT2D eigenvalue weighted by Crippen LogP contribution is 2.33. The van der Waals surface area contributed by atoms with Crippen LogP contribution in [0.15, 0.2) is 40.9 Å². The minimum Gasteiger partial charge on any atom is -0.496 e. The van der Waals surface area contributed by atoms with Crippen molar-refractivity contribution in [3.63, 3.8) is 0 Å². The van der Waals surface area contributed by atoms with Crippen LogP contribution in [0, 0.1) is 6.92 Å². The molecule has 2 aromatic carbocycles. The summed E-state index contributed by atoms with van der Waals surface area (Å²) < 4.78 is 6.25. The van der Waals surface area contributed by atoms with Crippen LogP contribution in [-0.2, 0) is 0 Å². The molecule has 0 saturated heterocycles. The van der Waals surface area contributed by atoms with Crippen molar-refractivity contribution >= 4 is 27.5 Å². The standard InChI is InChI=1S/C17H19BrClNO/c1-4-20-17(13-6-5-7-15(19)11(13)2)12-8-9-16(21-3)14(18)10-12/h5-10,17,20H,4H2,1-3H3.